The summed E-state index contributed by atoms with van der Waals surface area (Å²) < 4.78 is 5.17. The fourth-order valence-corrected chi connectivity index (χ4v) is 2.21. The highest BCUT2D eigenvalue weighted by atomic mass is 32.1. The van der Waals surface area contributed by atoms with Crippen molar-refractivity contribution in [3.05, 3.63) is 0 Å². The number of methoxy groups -OCH3 is 1. The zero-order valence-corrected chi connectivity index (χ0v) is 12.3. The van der Waals surface area contributed by atoms with Crippen LogP contribution in [0.3, 0.4) is 0 Å². The molecule has 0 amide bonds. The predicted octanol–water partition coefficient (Wildman–Crippen LogP) is 3.08. The summed E-state index contributed by atoms with van der Waals surface area (Å²) in [6.07, 6.45) is 3.71. The standard InChI is InChI=1S/C13H29NOS/c1-5-13(3)14(9-10-15-4)8-6-12(2)7-11-16/h12-13,16H,5-11H2,1-4H3. The highest BCUT2D eigenvalue weighted by molar-refractivity contribution is 7.80. The Labute approximate surface area is 107 Å². The molecule has 0 bridgehead atoms. The van der Waals surface area contributed by atoms with Crippen LogP contribution in [-0.4, -0.2) is 43.5 Å². The van der Waals surface area contributed by atoms with Gasteiger partial charge in [-0.25, -0.2) is 0 Å². The highest BCUT2D eigenvalue weighted by Crippen LogP contribution is 2.12. The maximum Gasteiger partial charge on any atom is 0.0589 e. The summed E-state index contributed by atoms with van der Waals surface area (Å²) in [6.45, 7) is 9.96. The predicted molar refractivity (Wildman–Crippen MR) is 75.5 cm³/mol. The third-order valence-electron chi connectivity index (χ3n) is 3.33. The van der Waals surface area contributed by atoms with Gasteiger partial charge in [0.15, 0.2) is 0 Å². The molecule has 16 heavy (non-hydrogen) atoms. The Morgan fingerprint density at radius 1 is 1.19 bits per heavy atom. The molecule has 0 aliphatic rings. The van der Waals surface area contributed by atoms with Crippen molar-refractivity contribution in [1.29, 1.82) is 0 Å². The average molecular weight is 247 g/mol. The topological polar surface area (TPSA) is 12.5 Å². The minimum Gasteiger partial charge on any atom is -0.383 e. The van der Waals surface area contributed by atoms with Crippen LogP contribution in [0.1, 0.15) is 40.0 Å². The van der Waals surface area contributed by atoms with Crippen molar-refractivity contribution in [2.45, 2.75) is 46.1 Å². The minimum atomic E-state index is 0.665. The first-order chi connectivity index (χ1) is 7.65. The molecule has 0 heterocycles. The minimum absolute atomic E-state index is 0.665. The van der Waals surface area contributed by atoms with Gasteiger partial charge in [-0.3, -0.25) is 4.90 Å². The molecule has 0 radical (unpaired) electrons. The van der Waals surface area contributed by atoms with Gasteiger partial charge in [0.25, 0.3) is 0 Å². The third-order valence-corrected chi connectivity index (χ3v) is 3.59. The molecule has 0 N–H and O–H groups in total. The van der Waals surface area contributed by atoms with E-state index in [0.29, 0.717) is 6.04 Å². The largest absolute Gasteiger partial charge is 0.383 e. The van der Waals surface area contributed by atoms with Gasteiger partial charge in [0, 0.05) is 19.7 Å². The van der Waals surface area contributed by atoms with E-state index in [-0.39, 0.29) is 0 Å². The van der Waals surface area contributed by atoms with Gasteiger partial charge in [0.05, 0.1) is 6.61 Å². The van der Waals surface area contributed by atoms with Gasteiger partial charge in [-0.15, -0.1) is 0 Å². The number of rotatable bonds is 10. The van der Waals surface area contributed by atoms with Crippen LogP contribution in [0, 0.1) is 5.92 Å². The van der Waals surface area contributed by atoms with E-state index >= 15 is 0 Å². The summed E-state index contributed by atoms with van der Waals surface area (Å²) in [5.74, 6) is 1.79. The second kappa shape index (κ2) is 10.4. The second-order valence-corrected chi connectivity index (χ2v) is 5.14. The molecule has 2 unspecified atom stereocenters. The van der Waals surface area contributed by atoms with E-state index < -0.39 is 0 Å². The van der Waals surface area contributed by atoms with E-state index in [0.717, 1.165) is 24.8 Å². The quantitative estimate of drug-likeness (QED) is 0.596. The summed E-state index contributed by atoms with van der Waals surface area (Å²) in [5.41, 5.74) is 0. The maximum absolute atomic E-state index is 5.17. The van der Waals surface area contributed by atoms with Gasteiger partial charge in [-0.05, 0) is 44.4 Å². The Hall–Kier alpha value is 0.270. The SMILES string of the molecule is CCC(C)N(CCOC)CCC(C)CCS. The highest BCUT2D eigenvalue weighted by Gasteiger charge is 2.12. The summed E-state index contributed by atoms with van der Waals surface area (Å²) in [5, 5.41) is 0. The number of ether oxygens (including phenoxy) is 1. The van der Waals surface area contributed by atoms with Crippen LogP contribution < -0.4 is 0 Å². The van der Waals surface area contributed by atoms with Crippen LogP contribution in [0.15, 0.2) is 0 Å². The Balaban J connectivity index is 3.90. The molecule has 0 aromatic carbocycles. The zero-order valence-electron chi connectivity index (χ0n) is 11.4. The molecule has 0 aromatic rings. The number of hydrogen-bond acceptors (Lipinski definition) is 3. The lowest BCUT2D eigenvalue weighted by molar-refractivity contribution is 0.118. The van der Waals surface area contributed by atoms with Gasteiger partial charge in [0.1, 0.15) is 0 Å². The van der Waals surface area contributed by atoms with Crippen molar-refractivity contribution in [2.24, 2.45) is 5.92 Å². The van der Waals surface area contributed by atoms with E-state index in [4.69, 9.17) is 4.74 Å². The Bertz CT molecular complexity index is 155. The third kappa shape index (κ3) is 7.53. The fraction of sp³-hybridized carbons (Fsp3) is 1.00. The van der Waals surface area contributed by atoms with Crippen LogP contribution in [0.2, 0.25) is 0 Å². The molecule has 98 valence electrons. The first kappa shape index (κ1) is 16.3. The molecule has 2 nitrogen and oxygen atoms in total. The fourth-order valence-electron chi connectivity index (χ4n) is 1.77. The lowest BCUT2D eigenvalue weighted by Crippen LogP contribution is -2.36. The first-order valence-electron chi connectivity index (χ1n) is 6.49. The van der Waals surface area contributed by atoms with E-state index in [1.54, 1.807) is 7.11 Å². The number of nitrogens with zero attached hydrogens (tertiary/aromatic N) is 1. The van der Waals surface area contributed by atoms with Crippen LogP contribution in [0.25, 0.3) is 0 Å². The van der Waals surface area contributed by atoms with Crippen LogP contribution in [0.4, 0.5) is 0 Å². The van der Waals surface area contributed by atoms with Crippen LogP contribution >= 0.6 is 12.6 Å². The number of thiol groups is 1. The normalized spacial score (nSPS) is 15.4. The summed E-state index contributed by atoms with van der Waals surface area (Å²) in [4.78, 5) is 2.54. The molecule has 3 heteroatoms. The molecule has 0 rings (SSSR count). The molecule has 0 spiro atoms. The van der Waals surface area contributed by atoms with Crippen molar-refractivity contribution in [3.8, 4) is 0 Å². The Morgan fingerprint density at radius 2 is 1.88 bits per heavy atom. The van der Waals surface area contributed by atoms with Crippen LogP contribution in [0.5, 0.6) is 0 Å². The molecule has 2 atom stereocenters. The van der Waals surface area contributed by atoms with E-state index in [1.807, 2.05) is 0 Å². The van der Waals surface area contributed by atoms with Crippen LogP contribution in [-0.2, 0) is 4.74 Å². The van der Waals surface area contributed by atoms with Gasteiger partial charge >= 0.3 is 0 Å². The van der Waals surface area contributed by atoms with Crippen molar-refractivity contribution in [2.75, 3.05) is 32.6 Å². The zero-order chi connectivity index (χ0) is 12.4. The molecule has 0 saturated carbocycles. The van der Waals surface area contributed by atoms with Gasteiger partial charge in [0.2, 0.25) is 0 Å². The molecular formula is C13H29NOS. The second-order valence-electron chi connectivity index (χ2n) is 4.69. The lowest BCUT2D eigenvalue weighted by Gasteiger charge is -2.29. The van der Waals surface area contributed by atoms with Crippen molar-refractivity contribution in [1.82, 2.24) is 4.90 Å². The average Bonchev–Trinajstić information content (AvgIpc) is 2.28. The van der Waals surface area contributed by atoms with E-state index in [1.165, 1.54) is 25.8 Å². The lowest BCUT2D eigenvalue weighted by atomic mass is 10.0. The first-order valence-corrected chi connectivity index (χ1v) is 7.12. The Morgan fingerprint density at radius 3 is 2.38 bits per heavy atom. The molecule has 0 aliphatic carbocycles. The maximum atomic E-state index is 5.17. The summed E-state index contributed by atoms with van der Waals surface area (Å²) in [6, 6.07) is 0.665. The number of hydrogen-bond donors (Lipinski definition) is 1. The monoisotopic (exact) mass is 247 g/mol. The van der Waals surface area contributed by atoms with Crippen molar-refractivity contribution in [3.63, 3.8) is 0 Å². The molecule has 0 aromatic heterocycles. The molecule has 0 saturated heterocycles. The molecular weight excluding hydrogens is 218 g/mol. The van der Waals surface area contributed by atoms with E-state index in [2.05, 4.69) is 38.3 Å². The summed E-state index contributed by atoms with van der Waals surface area (Å²) >= 11 is 4.29. The smallest absolute Gasteiger partial charge is 0.0589 e. The van der Waals surface area contributed by atoms with Gasteiger partial charge < -0.3 is 4.74 Å². The van der Waals surface area contributed by atoms with Gasteiger partial charge in [-0.1, -0.05) is 13.8 Å². The van der Waals surface area contributed by atoms with Crippen molar-refractivity contribution < 1.29 is 4.74 Å². The summed E-state index contributed by atoms with van der Waals surface area (Å²) in [7, 11) is 1.78. The Kier molecular flexibility index (Phi) is 10.6. The van der Waals surface area contributed by atoms with E-state index in [9.17, 15) is 0 Å². The molecule has 0 fully saturated rings. The van der Waals surface area contributed by atoms with Gasteiger partial charge in [-0.2, -0.15) is 12.6 Å². The molecule has 0 aliphatic heterocycles. The van der Waals surface area contributed by atoms with Crippen molar-refractivity contribution >= 4 is 12.6 Å².